The molecule has 2 heterocycles. The van der Waals surface area contributed by atoms with Gasteiger partial charge in [0.15, 0.2) is 5.65 Å². The molecule has 0 aliphatic carbocycles. The first-order valence-electron chi connectivity index (χ1n) is 9.97. The van der Waals surface area contributed by atoms with E-state index in [9.17, 15) is 5.11 Å². The largest absolute Gasteiger partial charge is 0.490 e. The molecule has 0 aliphatic rings. The maximum atomic E-state index is 10.5. The molecule has 150 valence electrons. The van der Waals surface area contributed by atoms with Gasteiger partial charge < -0.3 is 15.2 Å². The first-order valence-corrected chi connectivity index (χ1v) is 9.97. The molecule has 0 fully saturated rings. The molecule has 0 aliphatic heterocycles. The summed E-state index contributed by atoms with van der Waals surface area (Å²) in [6.45, 7) is 2.46. The van der Waals surface area contributed by atoms with Crippen LogP contribution in [0.15, 0.2) is 72.8 Å². The van der Waals surface area contributed by atoms with Gasteiger partial charge in [-0.05, 0) is 30.5 Å². The number of ether oxygens (including phenoxy) is 1. The van der Waals surface area contributed by atoms with E-state index in [0.717, 1.165) is 44.6 Å². The van der Waals surface area contributed by atoms with Crippen LogP contribution in [-0.2, 0) is 0 Å². The van der Waals surface area contributed by atoms with Gasteiger partial charge in [-0.3, -0.25) is 0 Å². The Morgan fingerprint density at radius 1 is 1.00 bits per heavy atom. The Hall–Kier alpha value is -3.64. The van der Waals surface area contributed by atoms with Crippen molar-refractivity contribution >= 4 is 33.1 Å². The zero-order chi connectivity index (χ0) is 20.5. The lowest BCUT2D eigenvalue weighted by Crippen LogP contribution is -2.26. The Kier molecular flexibility index (Phi) is 4.69. The smallest absolute Gasteiger partial charge is 0.158 e. The molecule has 0 radical (unpaired) electrons. The van der Waals surface area contributed by atoms with E-state index < -0.39 is 6.10 Å². The van der Waals surface area contributed by atoms with Crippen LogP contribution >= 0.6 is 0 Å². The number of benzene rings is 3. The van der Waals surface area contributed by atoms with E-state index in [1.807, 2.05) is 84.2 Å². The fourth-order valence-corrected chi connectivity index (χ4v) is 3.69. The van der Waals surface area contributed by atoms with E-state index >= 15 is 0 Å². The van der Waals surface area contributed by atoms with E-state index in [-0.39, 0.29) is 6.61 Å². The van der Waals surface area contributed by atoms with Crippen molar-refractivity contribution in [1.29, 1.82) is 0 Å². The molecule has 5 aromatic rings. The summed E-state index contributed by atoms with van der Waals surface area (Å²) in [5.74, 6) is 1.49. The Morgan fingerprint density at radius 2 is 1.77 bits per heavy atom. The van der Waals surface area contributed by atoms with E-state index in [4.69, 9.17) is 9.72 Å². The van der Waals surface area contributed by atoms with Gasteiger partial charge in [-0.15, -0.1) is 0 Å². The van der Waals surface area contributed by atoms with Gasteiger partial charge in [-0.25, -0.2) is 9.50 Å². The van der Waals surface area contributed by atoms with Crippen LogP contribution in [0.3, 0.4) is 0 Å². The fourth-order valence-electron chi connectivity index (χ4n) is 3.69. The average Bonchev–Trinajstić information content (AvgIpc) is 3.16. The number of nitrogens with one attached hydrogen (secondary N) is 1. The standard InChI is InChI=1S/C24H22N4O2/c1-16-13-23-26-24(20-10-4-5-11-21(20)28(23)27-16)25-14-18(29)15-30-22-12-6-8-17-7-2-3-9-19(17)22/h2-13,18,29H,14-15H2,1H3,(H,25,26). The molecular weight excluding hydrogens is 376 g/mol. The summed E-state index contributed by atoms with van der Waals surface area (Å²) in [6.07, 6.45) is -0.688. The highest BCUT2D eigenvalue weighted by molar-refractivity contribution is 5.91. The summed E-state index contributed by atoms with van der Waals surface area (Å²) in [7, 11) is 0. The Bertz CT molecular complexity index is 1340. The zero-order valence-electron chi connectivity index (χ0n) is 16.6. The quantitative estimate of drug-likeness (QED) is 0.449. The fraction of sp³-hybridized carbons (Fsp3) is 0.167. The summed E-state index contributed by atoms with van der Waals surface area (Å²) < 4.78 is 7.75. The van der Waals surface area contributed by atoms with Gasteiger partial charge in [0.2, 0.25) is 0 Å². The molecule has 0 saturated carbocycles. The van der Waals surface area contributed by atoms with Crippen molar-refractivity contribution in [1.82, 2.24) is 14.6 Å². The molecule has 6 heteroatoms. The number of hydrogen-bond acceptors (Lipinski definition) is 5. The number of aliphatic hydroxyl groups is 1. The van der Waals surface area contributed by atoms with Crippen molar-refractivity contribution in [3.63, 3.8) is 0 Å². The van der Waals surface area contributed by atoms with E-state index in [0.29, 0.717) is 6.54 Å². The van der Waals surface area contributed by atoms with Gasteiger partial charge in [0.25, 0.3) is 0 Å². The summed E-state index contributed by atoms with van der Waals surface area (Å²) in [5, 5.41) is 21.4. The normalized spacial score (nSPS) is 12.5. The summed E-state index contributed by atoms with van der Waals surface area (Å²) >= 11 is 0. The molecule has 5 rings (SSSR count). The lowest BCUT2D eigenvalue weighted by atomic mass is 10.1. The topological polar surface area (TPSA) is 71.7 Å². The maximum Gasteiger partial charge on any atom is 0.158 e. The van der Waals surface area contributed by atoms with E-state index in [2.05, 4.69) is 10.4 Å². The van der Waals surface area contributed by atoms with Crippen LogP contribution in [0.5, 0.6) is 5.75 Å². The highest BCUT2D eigenvalue weighted by atomic mass is 16.5. The van der Waals surface area contributed by atoms with Crippen LogP contribution in [0.4, 0.5) is 5.82 Å². The van der Waals surface area contributed by atoms with Gasteiger partial charge in [0.1, 0.15) is 24.3 Å². The van der Waals surface area contributed by atoms with Gasteiger partial charge in [0, 0.05) is 23.4 Å². The van der Waals surface area contributed by atoms with Crippen molar-refractivity contribution in [2.24, 2.45) is 0 Å². The van der Waals surface area contributed by atoms with Crippen molar-refractivity contribution in [3.8, 4) is 5.75 Å². The van der Waals surface area contributed by atoms with Crippen molar-refractivity contribution < 1.29 is 9.84 Å². The van der Waals surface area contributed by atoms with Crippen molar-refractivity contribution in [2.45, 2.75) is 13.0 Å². The monoisotopic (exact) mass is 398 g/mol. The first-order chi connectivity index (χ1) is 14.7. The van der Waals surface area contributed by atoms with E-state index in [1.54, 1.807) is 0 Å². The van der Waals surface area contributed by atoms with Gasteiger partial charge in [-0.1, -0.05) is 48.5 Å². The van der Waals surface area contributed by atoms with Gasteiger partial charge >= 0.3 is 0 Å². The first kappa shape index (κ1) is 18.4. The Balaban J connectivity index is 1.32. The molecule has 0 amide bonds. The highest BCUT2D eigenvalue weighted by Crippen LogP contribution is 2.26. The Labute approximate surface area is 173 Å². The van der Waals surface area contributed by atoms with E-state index in [1.165, 1.54) is 0 Å². The van der Waals surface area contributed by atoms with Crippen LogP contribution in [-0.4, -0.2) is 39.0 Å². The molecule has 3 aromatic carbocycles. The van der Waals surface area contributed by atoms with Crippen LogP contribution in [0.25, 0.3) is 27.3 Å². The molecule has 6 nitrogen and oxygen atoms in total. The van der Waals surface area contributed by atoms with Crippen LogP contribution in [0, 0.1) is 6.92 Å². The van der Waals surface area contributed by atoms with Gasteiger partial charge in [0.05, 0.1) is 11.2 Å². The second kappa shape index (κ2) is 7.65. The third-order valence-corrected chi connectivity index (χ3v) is 5.11. The number of hydrogen-bond donors (Lipinski definition) is 2. The predicted molar refractivity (Wildman–Crippen MR) is 119 cm³/mol. The molecule has 0 saturated heterocycles. The summed E-state index contributed by atoms with van der Waals surface area (Å²) in [4.78, 5) is 4.69. The third kappa shape index (κ3) is 3.42. The third-order valence-electron chi connectivity index (χ3n) is 5.11. The number of rotatable bonds is 6. The molecule has 0 bridgehead atoms. The lowest BCUT2D eigenvalue weighted by molar-refractivity contribution is 0.118. The molecule has 0 spiro atoms. The molecular formula is C24H22N4O2. The highest BCUT2D eigenvalue weighted by Gasteiger charge is 2.12. The molecule has 2 N–H and O–H groups in total. The number of anilines is 1. The number of para-hydroxylation sites is 1. The van der Waals surface area contributed by atoms with Crippen LogP contribution in [0.1, 0.15) is 5.69 Å². The van der Waals surface area contributed by atoms with Crippen LogP contribution in [0.2, 0.25) is 0 Å². The summed E-state index contributed by atoms with van der Waals surface area (Å²) in [6, 6.07) is 23.9. The van der Waals surface area contributed by atoms with Crippen molar-refractivity contribution in [2.75, 3.05) is 18.5 Å². The minimum atomic E-state index is -0.688. The SMILES string of the molecule is Cc1cc2nc(NCC(O)COc3cccc4ccccc34)c3ccccc3n2n1. The minimum absolute atomic E-state index is 0.187. The molecule has 30 heavy (non-hydrogen) atoms. The van der Waals surface area contributed by atoms with Crippen molar-refractivity contribution in [3.05, 3.63) is 78.5 Å². The minimum Gasteiger partial charge on any atom is -0.490 e. The maximum absolute atomic E-state index is 10.5. The molecule has 2 aromatic heterocycles. The summed E-state index contributed by atoms with van der Waals surface area (Å²) in [5.41, 5.74) is 2.66. The second-order valence-corrected chi connectivity index (χ2v) is 7.36. The number of nitrogens with zero attached hydrogens (tertiary/aromatic N) is 3. The van der Waals surface area contributed by atoms with Gasteiger partial charge in [-0.2, -0.15) is 5.10 Å². The number of aromatic nitrogens is 3. The number of fused-ring (bicyclic) bond motifs is 4. The Morgan fingerprint density at radius 3 is 2.67 bits per heavy atom. The van der Waals surface area contributed by atoms with Crippen LogP contribution < -0.4 is 10.1 Å². The average molecular weight is 398 g/mol. The molecule has 1 unspecified atom stereocenters. The second-order valence-electron chi connectivity index (χ2n) is 7.36. The predicted octanol–water partition coefficient (Wildman–Crippen LogP) is 4.20. The number of aryl methyl sites for hydroxylation is 1. The molecule has 1 atom stereocenters. The lowest BCUT2D eigenvalue weighted by Gasteiger charge is -2.16. The number of aliphatic hydroxyl groups excluding tert-OH is 1. The zero-order valence-corrected chi connectivity index (χ0v) is 16.6.